The molecule has 1 heterocycles. The van der Waals surface area contributed by atoms with Gasteiger partial charge in [0.2, 0.25) is 10.0 Å². The predicted molar refractivity (Wildman–Crippen MR) is 82.7 cm³/mol. The van der Waals surface area contributed by atoms with Crippen LogP contribution in [0.3, 0.4) is 0 Å². The second-order valence-electron chi connectivity index (χ2n) is 4.91. The van der Waals surface area contributed by atoms with Gasteiger partial charge in [-0.3, -0.25) is 0 Å². The Labute approximate surface area is 128 Å². The molecule has 5 nitrogen and oxygen atoms in total. The zero-order valence-electron chi connectivity index (χ0n) is 12.1. The molecule has 2 N–H and O–H groups in total. The van der Waals surface area contributed by atoms with Gasteiger partial charge in [-0.2, -0.15) is 0 Å². The Morgan fingerprint density at radius 1 is 1.38 bits per heavy atom. The Hall–Kier alpha value is -1.28. The molecule has 0 aliphatic heterocycles. The van der Waals surface area contributed by atoms with Crippen molar-refractivity contribution in [1.29, 1.82) is 0 Å². The number of thiazole rings is 1. The largest absolute Gasteiger partial charge is 0.392 e. The van der Waals surface area contributed by atoms with Gasteiger partial charge in [-0.05, 0) is 38.0 Å². The number of aromatic nitrogens is 1. The zero-order chi connectivity index (χ0) is 15.6. The van der Waals surface area contributed by atoms with Crippen molar-refractivity contribution >= 4 is 21.4 Å². The lowest BCUT2D eigenvalue weighted by atomic mass is 10.2. The third-order valence-electron chi connectivity index (χ3n) is 3.07. The van der Waals surface area contributed by atoms with Crippen LogP contribution < -0.4 is 4.72 Å². The van der Waals surface area contributed by atoms with Crippen LogP contribution >= 0.6 is 11.3 Å². The molecule has 0 fully saturated rings. The van der Waals surface area contributed by atoms with E-state index in [-0.39, 0.29) is 11.5 Å². The van der Waals surface area contributed by atoms with E-state index in [2.05, 4.69) is 9.71 Å². The Morgan fingerprint density at radius 3 is 2.67 bits per heavy atom. The average molecular weight is 326 g/mol. The highest BCUT2D eigenvalue weighted by Crippen LogP contribution is 2.23. The van der Waals surface area contributed by atoms with Crippen LogP contribution in [0.25, 0.3) is 0 Å². The van der Waals surface area contributed by atoms with Crippen molar-refractivity contribution in [3.05, 3.63) is 45.4 Å². The van der Waals surface area contributed by atoms with Gasteiger partial charge in [-0.1, -0.05) is 12.1 Å². The Balaban J connectivity index is 2.30. The number of sulfonamides is 1. The fourth-order valence-electron chi connectivity index (χ4n) is 1.95. The molecule has 0 radical (unpaired) electrons. The predicted octanol–water partition coefficient (Wildman–Crippen LogP) is 2.29. The third kappa shape index (κ3) is 3.68. The average Bonchev–Trinajstić information content (AvgIpc) is 2.85. The van der Waals surface area contributed by atoms with Gasteiger partial charge < -0.3 is 5.11 Å². The SMILES string of the molecule is Cc1cnc(C(C)NS(=O)(=O)c2cc(CO)ccc2C)s1. The van der Waals surface area contributed by atoms with E-state index in [1.54, 1.807) is 32.2 Å². The van der Waals surface area contributed by atoms with E-state index >= 15 is 0 Å². The molecule has 0 spiro atoms. The van der Waals surface area contributed by atoms with Gasteiger partial charge in [0, 0.05) is 11.1 Å². The Kier molecular flexibility index (Phi) is 4.77. The van der Waals surface area contributed by atoms with E-state index in [0.29, 0.717) is 11.1 Å². The molecule has 1 unspecified atom stereocenters. The molecule has 7 heteroatoms. The molecule has 0 amide bonds. The van der Waals surface area contributed by atoms with Gasteiger partial charge in [0.25, 0.3) is 0 Å². The van der Waals surface area contributed by atoms with Gasteiger partial charge in [0.15, 0.2) is 0 Å². The number of nitrogens with one attached hydrogen (secondary N) is 1. The summed E-state index contributed by atoms with van der Waals surface area (Å²) in [6, 6.07) is 4.50. The van der Waals surface area contributed by atoms with Gasteiger partial charge in [-0.25, -0.2) is 18.1 Å². The second kappa shape index (κ2) is 6.23. The Morgan fingerprint density at radius 2 is 2.10 bits per heavy atom. The summed E-state index contributed by atoms with van der Waals surface area (Å²) in [6.07, 6.45) is 1.72. The summed E-state index contributed by atoms with van der Waals surface area (Å²) in [5.41, 5.74) is 1.21. The summed E-state index contributed by atoms with van der Waals surface area (Å²) in [7, 11) is -3.66. The summed E-state index contributed by atoms with van der Waals surface area (Å²) >= 11 is 1.47. The molecule has 0 aliphatic carbocycles. The van der Waals surface area contributed by atoms with Crippen molar-refractivity contribution in [2.24, 2.45) is 0 Å². The summed E-state index contributed by atoms with van der Waals surface area (Å²) in [4.78, 5) is 5.43. The minimum atomic E-state index is -3.66. The maximum Gasteiger partial charge on any atom is 0.241 e. The first-order valence-electron chi connectivity index (χ1n) is 6.48. The van der Waals surface area contributed by atoms with Crippen LogP contribution in [0.5, 0.6) is 0 Å². The highest BCUT2D eigenvalue weighted by Gasteiger charge is 2.22. The van der Waals surface area contributed by atoms with Gasteiger partial charge in [0.1, 0.15) is 5.01 Å². The van der Waals surface area contributed by atoms with E-state index in [1.807, 2.05) is 6.92 Å². The first kappa shape index (κ1) is 16.1. The highest BCUT2D eigenvalue weighted by molar-refractivity contribution is 7.89. The van der Waals surface area contributed by atoms with Crippen LogP contribution in [0.15, 0.2) is 29.3 Å². The van der Waals surface area contributed by atoms with E-state index in [0.717, 1.165) is 9.88 Å². The van der Waals surface area contributed by atoms with Gasteiger partial charge in [-0.15, -0.1) is 11.3 Å². The maximum absolute atomic E-state index is 12.5. The van der Waals surface area contributed by atoms with Crippen LogP contribution in [0.2, 0.25) is 0 Å². The van der Waals surface area contributed by atoms with E-state index in [4.69, 9.17) is 5.11 Å². The minimum absolute atomic E-state index is 0.189. The molecule has 2 rings (SSSR count). The molecule has 0 aliphatic rings. The number of benzene rings is 1. The summed E-state index contributed by atoms with van der Waals surface area (Å²) in [5.74, 6) is 0. The fourth-order valence-corrected chi connectivity index (χ4v) is 4.30. The molecule has 0 saturated heterocycles. The molecule has 114 valence electrons. The fraction of sp³-hybridized carbons (Fsp3) is 0.357. The van der Waals surface area contributed by atoms with Crippen molar-refractivity contribution in [2.45, 2.75) is 38.3 Å². The van der Waals surface area contributed by atoms with Crippen LogP contribution in [0.4, 0.5) is 0 Å². The molecule has 21 heavy (non-hydrogen) atoms. The number of hydrogen-bond donors (Lipinski definition) is 2. The number of rotatable bonds is 5. The van der Waals surface area contributed by atoms with Crippen LogP contribution in [0.1, 0.15) is 34.0 Å². The highest BCUT2D eigenvalue weighted by atomic mass is 32.2. The summed E-state index contributed by atoms with van der Waals surface area (Å²) in [6.45, 7) is 5.23. The number of aryl methyl sites for hydroxylation is 2. The molecule has 1 atom stereocenters. The first-order chi connectivity index (χ1) is 9.83. The quantitative estimate of drug-likeness (QED) is 0.883. The number of nitrogens with zero attached hydrogens (tertiary/aromatic N) is 1. The van der Waals surface area contributed by atoms with E-state index in [1.165, 1.54) is 17.4 Å². The smallest absolute Gasteiger partial charge is 0.241 e. The zero-order valence-corrected chi connectivity index (χ0v) is 13.8. The van der Waals surface area contributed by atoms with E-state index < -0.39 is 16.1 Å². The topological polar surface area (TPSA) is 79.3 Å². The lowest BCUT2D eigenvalue weighted by Gasteiger charge is -2.14. The molecule has 1 aromatic carbocycles. The third-order valence-corrected chi connectivity index (χ3v) is 5.84. The normalized spacial score (nSPS) is 13.3. The lowest BCUT2D eigenvalue weighted by molar-refractivity contribution is 0.281. The standard InChI is InChI=1S/C14H18N2O3S2/c1-9-4-5-12(8-17)6-13(9)21(18,19)16-11(3)14-15-7-10(2)20-14/h4-7,11,16-17H,8H2,1-3H3. The van der Waals surface area contributed by atoms with Gasteiger partial charge in [0.05, 0.1) is 17.5 Å². The number of hydrogen-bond acceptors (Lipinski definition) is 5. The monoisotopic (exact) mass is 326 g/mol. The first-order valence-corrected chi connectivity index (χ1v) is 8.78. The molecule has 0 saturated carbocycles. The Bertz CT molecular complexity index is 738. The lowest BCUT2D eigenvalue weighted by Crippen LogP contribution is -2.27. The second-order valence-corrected chi connectivity index (χ2v) is 7.86. The molecule has 1 aromatic heterocycles. The molecule has 2 aromatic rings. The molecule has 0 bridgehead atoms. The van der Waals surface area contributed by atoms with Crippen molar-refractivity contribution in [3.63, 3.8) is 0 Å². The van der Waals surface area contributed by atoms with Crippen molar-refractivity contribution < 1.29 is 13.5 Å². The van der Waals surface area contributed by atoms with Crippen LogP contribution in [0, 0.1) is 13.8 Å². The van der Waals surface area contributed by atoms with Crippen molar-refractivity contribution in [1.82, 2.24) is 9.71 Å². The van der Waals surface area contributed by atoms with E-state index in [9.17, 15) is 8.42 Å². The number of aliphatic hydroxyl groups is 1. The summed E-state index contributed by atoms with van der Waals surface area (Å²) < 4.78 is 27.6. The maximum atomic E-state index is 12.5. The molecular formula is C14H18N2O3S2. The van der Waals surface area contributed by atoms with Crippen molar-refractivity contribution in [2.75, 3.05) is 0 Å². The van der Waals surface area contributed by atoms with Crippen LogP contribution in [-0.2, 0) is 16.6 Å². The van der Waals surface area contributed by atoms with Gasteiger partial charge >= 0.3 is 0 Å². The molecular weight excluding hydrogens is 308 g/mol. The van der Waals surface area contributed by atoms with Crippen LogP contribution in [-0.4, -0.2) is 18.5 Å². The van der Waals surface area contributed by atoms with Crippen molar-refractivity contribution in [3.8, 4) is 0 Å². The summed E-state index contributed by atoms with van der Waals surface area (Å²) in [5, 5.41) is 9.89. The minimum Gasteiger partial charge on any atom is -0.392 e. The number of aliphatic hydroxyl groups excluding tert-OH is 1.